The molecule has 0 saturated heterocycles. The normalized spacial score (nSPS) is 10.8. The van der Waals surface area contributed by atoms with Gasteiger partial charge < -0.3 is 5.73 Å². The van der Waals surface area contributed by atoms with Crippen molar-refractivity contribution in [2.45, 2.75) is 26.3 Å². The van der Waals surface area contributed by atoms with E-state index in [0.29, 0.717) is 41.4 Å². The van der Waals surface area contributed by atoms with Crippen molar-refractivity contribution in [2.75, 3.05) is 0 Å². The van der Waals surface area contributed by atoms with Gasteiger partial charge in [-0.3, -0.25) is 10.2 Å². The summed E-state index contributed by atoms with van der Waals surface area (Å²) in [5.74, 6) is -0.374. The number of carbonyl (C=O) groups excluding carboxylic acids is 1. The number of benzene rings is 2. The van der Waals surface area contributed by atoms with Gasteiger partial charge in [0.25, 0.3) is 0 Å². The highest BCUT2D eigenvalue weighted by molar-refractivity contribution is 6.33. The van der Waals surface area contributed by atoms with Gasteiger partial charge in [0.2, 0.25) is 0 Å². The van der Waals surface area contributed by atoms with Gasteiger partial charge in [-0.25, -0.2) is 9.07 Å². The van der Waals surface area contributed by atoms with Crippen LogP contribution in [0.4, 0.5) is 4.39 Å². The third kappa shape index (κ3) is 4.46. The number of aromatic nitrogens is 2. The molecule has 1 aromatic heterocycles. The molecule has 0 spiro atoms. The van der Waals surface area contributed by atoms with E-state index in [1.54, 1.807) is 35.9 Å². The van der Waals surface area contributed by atoms with Crippen molar-refractivity contribution < 1.29 is 9.18 Å². The first-order chi connectivity index (χ1) is 13.3. The molecule has 0 radical (unpaired) electrons. The lowest BCUT2D eigenvalue weighted by Gasteiger charge is -2.05. The van der Waals surface area contributed by atoms with Crippen molar-refractivity contribution in [3.05, 3.63) is 87.4 Å². The zero-order chi connectivity index (χ0) is 20.3. The van der Waals surface area contributed by atoms with Crippen LogP contribution in [0, 0.1) is 18.2 Å². The summed E-state index contributed by atoms with van der Waals surface area (Å²) in [4.78, 5) is 12.7. The lowest BCUT2D eigenvalue weighted by Crippen LogP contribution is -2.10. The van der Waals surface area contributed by atoms with Crippen LogP contribution in [-0.4, -0.2) is 21.4 Å². The second-order valence-electron chi connectivity index (χ2n) is 6.57. The van der Waals surface area contributed by atoms with Crippen LogP contribution in [0.5, 0.6) is 0 Å². The fraction of sp³-hybridized carbons (Fsp3) is 0.190. The number of nitrogen functional groups attached to an aromatic ring is 1. The zero-order valence-electron chi connectivity index (χ0n) is 15.4. The van der Waals surface area contributed by atoms with E-state index >= 15 is 0 Å². The molecule has 1 heterocycles. The van der Waals surface area contributed by atoms with Gasteiger partial charge in [0, 0.05) is 12.0 Å². The second-order valence-corrected chi connectivity index (χ2v) is 6.93. The van der Waals surface area contributed by atoms with Gasteiger partial charge in [-0.1, -0.05) is 48.0 Å². The molecule has 0 aliphatic heterocycles. The number of carbonyl (C=O) groups is 1. The highest BCUT2D eigenvalue weighted by Crippen LogP contribution is 2.23. The lowest BCUT2D eigenvalue weighted by atomic mass is 10.0. The van der Waals surface area contributed by atoms with Gasteiger partial charge in [-0.15, -0.1) is 0 Å². The van der Waals surface area contributed by atoms with Gasteiger partial charge in [-0.05, 0) is 36.6 Å². The summed E-state index contributed by atoms with van der Waals surface area (Å²) < 4.78 is 14.6. The number of hydrogen-bond donors (Lipinski definition) is 2. The van der Waals surface area contributed by atoms with Crippen LogP contribution in [0.15, 0.2) is 48.5 Å². The summed E-state index contributed by atoms with van der Waals surface area (Å²) in [7, 11) is 0. The van der Waals surface area contributed by atoms with Gasteiger partial charge in [0.05, 0.1) is 17.8 Å². The van der Waals surface area contributed by atoms with Crippen LogP contribution in [-0.2, 0) is 13.0 Å². The summed E-state index contributed by atoms with van der Waals surface area (Å²) in [5.41, 5.74) is 8.91. The molecule has 0 bridgehead atoms. The molecule has 0 aliphatic carbocycles. The fourth-order valence-corrected chi connectivity index (χ4v) is 3.31. The van der Waals surface area contributed by atoms with E-state index in [-0.39, 0.29) is 17.4 Å². The summed E-state index contributed by atoms with van der Waals surface area (Å²) >= 11 is 6.41. The van der Waals surface area contributed by atoms with Crippen LogP contribution in [0.1, 0.15) is 39.2 Å². The van der Waals surface area contributed by atoms with Crippen molar-refractivity contribution in [3.63, 3.8) is 0 Å². The zero-order valence-corrected chi connectivity index (χ0v) is 16.1. The molecule has 0 fully saturated rings. The maximum absolute atomic E-state index is 13.1. The third-order valence-electron chi connectivity index (χ3n) is 4.50. The number of amidine groups is 1. The van der Waals surface area contributed by atoms with Crippen molar-refractivity contribution >= 4 is 23.2 Å². The number of Topliss-reactive ketones (excluding diaryl/α,β-unsaturated/α-hetero) is 1. The minimum absolute atomic E-state index is 0.0126. The first-order valence-corrected chi connectivity index (χ1v) is 9.17. The molecule has 2 aromatic carbocycles. The Bertz CT molecular complexity index is 1010. The van der Waals surface area contributed by atoms with Crippen LogP contribution in [0.3, 0.4) is 0 Å². The standard InChI is InChI=1S/C21H20ClFN4O/c1-13-19(18(28)11-6-14-2-7-16(8-3-14)21(24)25)20(22)27(26-13)12-15-4-9-17(23)10-5-15/h2-5,7-10H,6,11-12H2,1H3,(H3,24,25). The van der Waals surface area contributed by atoms with E-state index in [1.165, 1.54) is 12.1 Å². The Morgan fingerprint density at radius 1 is 1.14 bits per heavy atom. The van der Waals surface area contributed by atoms with Crippen LogP contribution in [0.25, 0.3) is 0 Å². The molecule has 3 rings (SSSR count). The average molecular weight is 399 g/mol. The Balaban J connectivity index is 1.70. The van der Waals surface area contributed by atoms with Crippen LogP contribution in [0.2, 0.25) is 5.15 Å². The largest absolute Gasteiger partial charge is 0.384 e. The predicted octanol–water partition coefficient (Wildman–Crippen LogP) is 4.13. The molecule has 0 aliphatic rings. The molecule has 3 aromatic rings. The van der Waals surface area contributed by atoms with Gasteiger partial charge in [-0.2, -0.15) is 5.10 Å². The minimum atomic E-state index is -0.307. The number of aryl methyl sites for hydroxylation is 2. The number of halogens is 2. The molecular weight excluding hydrogens is 379 g/mol. The molecule has 0 amide bonds. The molecule has 0 unspecified atom stereocenters. The predicted molar refractivity (Wildman–Crippen MR) is 108 cm³/mol. The molecular formula is C21H20ClFN4O. The number of rotatable bonds is 7. The highest BCUT2D eigenvalue weighted by Gasteiger charge is 2.20. The van der Waals surface area contributed by atoms with E-state index in [0.717, 1.165) is 11.1 Å². The van der Waals surface area contributed by atoms with E-state index in [4.69, 9.17) is 22.7 Å². The Labute approximate surface area is 167 Å². The number of ketones is 1. The van der Waals surface area contributed by atoms with E-state index in [2.05, 4.69) is 5.10 Å². The van der Waals surface area contributed by atoms with E-state index < -0.39 is 0 Å². The monoisotopic (exact) mass is 398 g/mol. The number of nitrogens with one attached hydrogen (secondary N) is 1. The Morgan fingerprint density at radius 2 is 1.75 bits per heavy atom. The summed E-state index contributed by atoms with van der Waals surface area (Å²) in [6.07, 6.45) is 0.845. The van der Waals surface area contributed by atoms with Crippen molar-refractivity contribution in [2.24, 2.45) is 5.73 Å². The van der Waals surface area contributed by atoms with Crippen molar-refractivity contribution in [3.8, 4) is 0 Å². The second kappa shape index (κ2) is 8.35. The smallest absolute Gasteiger partial charge is 0.168 e. The van der Waals surface area contributed by atoms with E-state index in [9.17, 15) is 9.18 Å². The van der Waals surface area contributed by atoms with E-state index in [1.807, 2.05) is 12.1 Å². The maximum atomic E-state index is 13.1. The maximum Gasteiger partial charge on any atom is 0.168 e. The molecule has 3 N–H and O–H groups in total. The SMILES string of the molecule is Cc1nn(Cc2ccc(F)cc2)c(Cl)c1C(=O)CCc1ccc(C(=N)N)cc1. The molecule has 28 heavy (non-hydrogen) atoms. The topological polar surface area (TPSA) is 84.8 Å². The number of nitrogens with two attached hydrogens (primary N) is 1. The molecule has 5 nitrogen and oxygen atoms in total. The first kappa shape index (κ1) is 19.8. The van der Waals surface area contributed by atoms with Gasteiger partial charge in [0.1, 0.15) is 16.8 Å². The van der Waals surface area contributed by atoms with Gasteiger partial charge in [0.15, 0.2) is 5.78 Å². The molecule has 0 saturated carbocycles. The summed E-state index contributed by atoms with van der Waals surface area (Å²) in [6, 6.07) is 13.3. The molecule has 7 heteroatoms. The molecule has 144 valence electrons. The Hall–Kier alpha value is -2.99. The highest BCUT2D eigenvalue weighted by atomic mass is 35.5. The Morgan fingerprint density at radius 3 is 2.36 bits per heavy atom. The van der Waals surface area contributed by atoms with Crippen molar-refractivity contribution in [1.29, 1.82) is 5.41 Å². The Kier molecular flexibility index (Phi) is 5.90. The van der Waals surface area contributed by atoms with Crippen LogP contribution >= 0.6 is 11.6 Å². The summed E-state index contributed by atoms with van der Waals surface area (Å²) in [6.45, 7) is 2.11. The number of nitrogens with zero attached hydrogens (tertiary/aromatic N) is 2. The quantitative estimate of drug-likeness (QED) is 0.356. The van der Waals surface area contributed by atoms with Crippen molar-refractivity contribution in [1.82, 2.24) is 9.78 Å². The lowest BCUT2D eigenvalue weighted by molar-refractivity contribution is 0.0982. The third-order valence-corrected chi connectivity index (χ3v) is 4.88. The first-order valence-electron chi connectivity index (χ1n) is 8.79. The van der Waals surface area contributed by atoms with Crippen LogP contribution < -0.4 is 5.73 Å². The average Bonchev–Trinajstić information content (AvgIpc) is 2.95. The number of hydrogen-bond acceptors (Lipinski definition) is 3. The summed E-state index contributed by atoms with van der Waals surface area (Å²) in [5, 5.41) is 12.1. The fourth-order valence-electron chi connectivity index (χ4n) is 2.97. The van der Waals surface area contributed by atoms with Gasteiger partial charge >= 0.3 is 0 Å². The molecule has 0 atom stereocenters. The minimum Gasteiger partial charge on any atom is -0.384 e.